The average Bonchev–Trinajstić information content (AvgIpc) is 2.65. The number of likely N-dealkylation sites (tertiary alicyclic amines) is 1. The third kappa shape index (κ3) is 6.01. The monoisotopic (exact) mass is 379 g/mol. The number of hydrogen-bond donors (Lipinski definition) is 1. The minimum atomic E-state index is -0.804. The van der Waals surface area contributed by atoms with Gasteiger partial charge in [0.05, 0.1) is 12.6 Å². The molecule has 0 bridgehead atoms. The average molecular weight is 379 g/mol. The molecule has 2 rings (SSSR count). The first kappa shape index (κ1) is 21.3. The highest BCUT2D eigenvalue weighted by Gasteiger charge is 2.30. The van der Waals surface area contributed by atoms with Crippen LogP contribution < -0.4 is 0 Å². The van der Waals surface area contributed by atoms with Gasteiger partial charge in [0.2, 0.25) is 5.91 Å². The van der Waals surface area contributed by atoms with Gasteiger partial charge in [-0.1, -0.05) is 19.1 Å². The van der Waals surface area contributed by atoms with Gasteiger partial charge in [-0.25, -0.2) is 4.39 Å². The zero-order valence-corrected chi connectivity index (χ0v) is 16.4. The molecule has 1 fully saturated rings. The Bertz CT molecular complexity index is 647. The maximum absolute atomic E-state index is 13.3. The number of amides is 1. The molecule has 27 heavy (non-hydrogen) atoms. The summed E-state index contributed by atoms with van der Waals surface area (Å²) >= 11 is 0. The van der Waals surface area contributed by atoms with Crippen LogP contribution in [0.5, 0.6) is 0 Å². The van der Waals surface area contributed by atoms with Crippen LogP contribution in [-0.2, 0) is 16.1 Å². The van der Waals surface area contributed by atoms with E-state index in [1.807, 2.05) is 24.8 Å². The number of nitrogens with zero attached hydrogens (tertiary/aromatic N) is 3. The summed E-state index contributed by atoms with van der Waals surface area (Å²) in [6.45, 7) is 6.55. The van der Waals surface area contributed by atoms with Crippen molar-refractivity contribution in [1.29, 1.82) is 0 Å². The Balaban J connectivity index is 1.87. The molecule has 1 N–H and O–H groups in total. The second-order valence-electron chi connectivity index (χ2n) is 7.22. The van der Waals surface area contributed by atoms with Crippen LogP contribution in [0.1, 0.15) is 32.3 Å². The lowest BCUT2D eigenvalue weighted by Crippen LogP contribution is -2.52. The van der Waals surface area contributed by atoms with Crippen molar-refractivity contribution < 1.29 is 19.1 Å². The summed E-state index contributed by atoms with van der Waals surface area (Å²) in [5.41, 5.74) is 0.768. The summed E-state index contributed by atoms with van der Waals surface area (Å²) in [4.78, 5) is 29.5. The number of rotatable bonds is 8. The first-order valence-corrected chi connectivity index (χ1v) is 9.51. The molecule has 6 nitrogen and oxygen atoms in total. The second kappa shape index (κ2) is 9.80. The smallest absolute Gasteiger partial charge is 0.317 e. The quantitative estimate of drug-likeness (QED) is 0.749. The van der Waals surface area contributed by atoms with Gasteiger partial charge in [0.1, 0.15) is 5.82 Å². The molecular formula is C20H30FN3O3. The molecule has 1 aromatic rings. The highest BCUT2D eigenvalue weighted by atomic mass is 19.1. The molecule has 1 atom stereocenters. The number of carbonyl (C=O) groups is 2. The second-order valence-corrected chi connectivity index (χ2v) is 7.22. The van der Waals surface area contributed by atoms with E-state index in [0.29, 0.717) is 13.1 Å². The number of carbonyl (C=O) groups excluding carboxylic acids is 1. The van der Waals surface area contributed by atoms with E-state index in [1.165, 1.54) is 12.1 Å². The number of hydrogen-bond acceptors (Lipinski definition) is 4. The van der Waals surface area contributed by atoms with Gasteiger partial charge in [-0.3, -0.25) is 19.4 Å². The van der Waals surface area contributed by atoms with E-state index in [2.05, 4.69) is 4.90 Å². The third-order valence-electron chi connectivity index (χ3n) is 5.35. The van der Waals surface area contributed by atoms with Crippen LogP contribution >= 0.6 is 0 Å². The van der Waals surface area contributed by atoms with Crippen LogP contribution in [0.3, 0.4) is 0 Å². The topological polar surface area (TPSA) is 64.1 Å². The Kier molecular flexibility index (Phi) is 7.74. The third-order valence-corrected chi connectivity index (χ3v) is 5.35. The lowest BCUT2D eigenvalue weighted by Gasteiger charge is -2.40. The maximum atomic E-state index is 13.3. The van der Waals surface area contributed by atoms with E-state index in [4.69, 9.17) is 5.11 Å². The van der Waals surface area contributed by atoms with Crippen molar-refractivity contribution in [3.8, 4) is 0 Å². The van der Waals surface area contributed by atoms with E-state index in [0.717, 1.165) is 31.5 Å². The van der Waals surface area contributed by atoms with Crippen LogP contribution in [0.4, 0.5) is 4.39 Å². The van der Waals surface area contributed by atoms with E-state index < -0.39 is 5.97 Å². The first-order chi connectivity index (χ1) is 12.8. The van der Waals surface area contributed by atoms with Crippen molar-refractivity contribution in [2.24, 2.45) is 0 Å². The summed E-state index contributed by atoms with van der Waals surface area (Å²) in [6, 6.07) is 6.29. The molecule has 0 aliphatic carbocycles. The number of carboxylic acids is 1. The van der Waals surface area contributed by atoms with Crippen molar-refractivity contribution in [1.82, 2.24) is 14.7 Å². The minimum Gasteiger partial charge on any atom is -0.480 e. The van der Waals surface area contributed by atoms with Crippen molar-refractivity contribution >= 4 is 11.9 Å². The summed E-state index contributed by atoms with van der Waals surface area (Å²) in [7, 11) is 1.74. The Morgan fingerprint density at radius 2 is 2.00 bits per heavy atom. The summed E-state index contributed by atoms with van der Waals surface area (Å²) in [5.74, 6) is -1.09. The SMILES string of the molecule is CCN(CC(=O)O)C1CCN(C(C)C(=O)N(C)Cc2cccc(F)c2)CC1. The molecule has 1 aliphatic rings. The predicted octanol–water partition coefficient (Wildman–Crippen LogP) is 2.04. The van der Waals surface area contributed by atoms with Crippen LogP contribution in [0.15, 0.2) is 24.3 Å². The molecule has 150 valence electrons. The highest BCUT2D eigenvalue weighted by Crippen LogP contribution is 2.19. The molecule has 7 heteroatoms. The minimum absolute atomic E-state index is 0.00981. The number of halogens is 1. The zero-order chi connectivity index (χ0) is 20.0. The van der Waals surface area contributed by atoms with E-state index >= 15 is 0 Å². The van der Waals surface area contributed by atoms with Crippen LogP contribution in [-0.4, -0.2) is 77.0 Å². The molecule has 0 spiro atoms. The maximum Gasteiger partial charge on any atom is 0.317 e. The summed E-state index contributed by atoms with van der Waals surface area (Å²) < 4.78 is 13.3. The standard InChI is InChI=1S/C20H30FN3O3/c1-4-23(14-19(25)26)18-8-10-24(11-9-18)15(2)20(27)22(3)13-16-6-5-7-17(21)12-16/h5-7,12,15,18H,4,8-11,13-14H2,1-3H3,(H,25,26). The fraction of sp³-hybridized carbons (Fsp3) is 0.600. The molecule has 0 radical (unpaired) electrons. The highest BCUT2D eigenvalue weighted by molar-refractivity contribution is 5.81. The van der Waals surface area contributed by atoms with E-state index in [-0.39, 0.29) is 30.4 Å². The molecule has 0 saturated carbocycles. The Labute approximate surface area is 160 Å². The fourth-order valence-corrected chi connectivity index (χ4v) is 3.77. The molecule has 1 amide bonds. The van der Waals surface area contributed by atoms with Crippen LogP contribution in [0.25, 0.3) is 0 Å². The molecule has 1 unspecified atom stereocenters. The molecule has 1 saturated heterocycles. The van der Waals surface area contributed by atoms with Crippen molar-refractivity contribution in [3.05, 3.63) is 35.6 Å². The molecular weight excluding hydrogens is 349 g/mol. The zero-order valence-electron chi connectivity index (χ0n) is 16.4. The molecule has 0 aromatic heterocycles. The van der Waals surface area contributed by atoms with Gasteiger partial charge < -0.3 is 10.0 Å². The number of aliphatic carboxylic acids is 1. The van der Waals surface area contributed by atoms with Gasteiger partial charge in [-0.05, 0) is 44.0 Å². The molecule has 1 aliphatic heterocycles. The number of likely N-dealkylation sites (N-methyl/N-ethyl adjacent to an activating group) is 2. The van der Waals surface area contributed by atoms with Gasteiger partial charge in [0.15, 0.2) is 0 Å². The van der Waals surface area contributed by atoms with Crippen molar-refractivity contribution in [3.63, 3.8) is 0 Å². The molecule has 1 aromatic carbocycles. The summed E-state index contributed by atoms with van der Waals surface area (Å²) in [6.07, 6.45) is 1.71. The Morgan fingerprint density at radius 3 is 2.56 bits per heavy atom. The van der Waals surface area contributed by atoms with E-state index in [9.17, 15) is 14.0 Å². The van der Waals surface area contributed by atoms with Gasteiger partial charge in [-0.2, -0.15) is 0 Å². The number of piperidine rings is 1. The number of carboxylic acid groups (broad SMARTS) is 1. The van der Waals surface area contributed by atoms with E-state index in [1.54, 1.807) is 18.0 Å². The predicted molar refractivity (Wildman–Crippen MR) is 102 cm³/mol. The largest absolute Gasteiger partial charge is 0.480 e. The van der Waals surface area contributed by atoms with Crippen LogP contribution in [0.2, 0.25) is 0 Å². The number of benzene rings is 1. The Morgan fingerprint density at radius 1 is 1.33 bits per heavy atom. The van der Waals surface area contributed by atoms with Gasteiger partial charge in [0.25, 0.3) is 0 Å². The van der Waals surface area contributed by atoms with Gasteiger partial charge in [0, 0.05) is 32.7 Å². The first-order valence-electron chi connectivity index (χ1n) is 9.51. The normalized spacial score (nSPS) is 17.1. The summed E-state index contributed by atoms with van der Waals surface area (Å²) in [5, 5.41) is 9.03. The lowest BCUT2D eigenvalue weighted by molar-refractivity contribution is -0.139. The van der Waals surface area contributed by atoms with Gasteiger partial charge >= 0.3 is 5.97 Å². The van der Waals surface area contributed by atoms with Gasteiger partial charge in [-0.15, -0.1) is 0 Å². The fourth-order valence-electron chi connectivity index (χ4n) is 3.77. The van der Waals surface area contributed by atoms with Crippen molar-refractivity contribution in [2.45, 2.75) is 45.3 Å². The van der Waals surface area contributed by atoms with Crippen LogP contribution in [0, 0.1) is 5.82 Å². The lowest BCUT2D eigenvalue weighted by atomic mass is 10.0. The Hall–Kier alpha value is -1.99. The molecule has 1 heterocycles. The van der Waals surface area contributed by atoms with Crippen molar-refractivity contribution in [2.75, 3.05) is 33.2 Å².